The van der Waals surface area contributed by atoms with Gasteiger partial charge in [0.15, 0.2) is 0 Å². The van der Waals surface area contributed by atoms with Crippen LogP contribution in [0.3, 0.4) is 0 Å². The molecular weight excluding hydrogens is 284 g/mol. The van der Waals surface area contributed by atoms with Crippen LogP contribution in [0.1, 0.15) is 44.6 Å². The summed E-state index contributed by atoms with van der Waals surface area (Å²) in [7, 11) is 0. The van der Waals surface area contributed by atoms with Gasteiger partial charge >= 0.3 is 0 Å². The van der Waals surface area contributed by atoms with E-state index in [0.29, 0.717) is 18.0 Å². The van der Waals surface area contributed by atoms with Gasteiger partial charge in [-0.05, 0) is 31.9 Å². The summed E-state index contributed by atoms with van der Waals surface area (Å²) in [5.41, 5.74) is 3.58. The molecule has 114 valence electrons. The van der Waals surface area contributed by atoms with Gasteiger partial charge < -0.3 is 9.30 Å². The Hall–Kier alpha value is -1.06. The summed E-state index contributed by atoms with van der Waals surface area (Å²) < 4.78 is 8.20. The lowest BCUT2D eigenvalue weighted by molar-refractivity contribution is -0.127. The van der Waals surface area contributed by atoms with E-state index in [1.807, 2.05) is 0 Å². The van der Waals surface area contributed by atoms with Crippen LogP contribution in [0.4, 0.5) is 0 Å². The fourth-order valence-corrected chi connectivity index (χ4v) is 3.72. The maximum atomic E-state index is 6.16. The molecule has 0 bridgehead atoms. The number of para-hydroxylation sites is 1. The first-order valence-electron chi connectivity index (χ1n) is 7.64. The van der Waals surface area contributed by atoms with Gasteiger partial charge in [-0.15, -0.1) is 11.6 Å². The summed E-state index contributed by atoms with van der Waals surface area (Å²) >= 11 is 6.16. The van der Waals surface area contributed by atoms with Gasteiger partial charge in [0, 0.05) is 18.1 Å². The van der Waals surface area contributed by atoms with Gasteiger partial charge in [0.05, 0.1) is 23.0 Å². The molecule has 4 heteroatoms. The van der Waals surface area contributed by atoms with E-state index in [1.54, 1.807) is 0 Å². The highest BCUT2D eigenvalue weighted by Gasteiger charge is 2.50. The smallest absolute Gasteiger partial charge is 0.125 e. The van der Waals surface area contributed by atoms with E-state index in [4.69, 9.17) is 21.3 Å². The molecule has 0 aliphatic heterocycles. The van der Waals surface area contributed by atoms with Crippen molar-refractivity contribution in [3.8, 4) is 0 Å². The van der Waals surface area contributed by atoms with Crippen LogP contribution < -0.4 is 0 Å². The molecule has 2 aromatic rings. The number of fused-ring (bicyclic) bond motifs is 1. The summed E-state index contributed by atoms with van der Waals surface area (Å²) in [6.45, 7) is 9.49. The third-order valence-electron chi connectivity index (χ3n) is 4.92. The van der Waals surface area contributed by atoms with Crippen LogP contribution in [0.25, 0.3) is 11.0 Å². The minimum absolute atomic E-state index is 0.105. The molecule has 2 atom stereocenters. The topological polar surface area (TPSA) is 27.1 Å². The number of ether oxygens (including phenoxy) is 1. The quantitative estimate of drug-likeness (QED) is 0.780. The van der Waals surface area contributed by atoms with Crippen molar-refractivity contribution in [1.82, 2.24) is 9.55 Å². The van der Waals surface area contributed by atoms with Crippen LogP contribution in [0.15, 0.2) is 18.2 Å². The number of imidazole rings is 1. The van der Waals surface area contributed by atoms with Crippen LogP contribution in [0.5, 0.6) is 0 Å². The molecule has 0 amide bonds. The number of alkyl halides is 1. The number of hydrogen-bond donors (Lipinski definition) is 0. The van der Waals surface area contributed by atoms with Crippen LogP contribution in [0, 0.1) is 12.3 Å². The predicted octanol–water partition coefficient (Wildman–Crippen LogP) is 4.46. The molecule has 1 fully saturated rings. The lowest BCUT2D eigenvalue weighted by Gasteiger charge is -2.52. The van der Waals surface area contributed by atoms with Crippen molar-refractivity contribution in [2.45, 2.75) is 52.1 Å². The minimum atomic E-state index is 0.105. The van der Waals surface area contributed by atoms with Gasteiger partial charge in [0.1, 0.15) is 5.82 Å². The van der Waals surface area contributed by atoms with Crippen molar-refractivity contribution < 1.29 is 4.74 Å². The van der Waals surface area contributed by atoms with Gasteiger partial charge in [0.25, 0.3) is 0 Å². The first kappa shape index (κ1) is 14.9. The van der Waals surface area contributed by atoms with E-state index >= 15 is 0 Å². The number of hydrogen-bond acceptors (Lipinski definition) is 2. The molecule has 3 nitrogen and oxygen atoms in total. The second-order valence-electron chi connectivity index (χ2n) is 6.49. The molecular formula is C17H23ClN2O. The Morgan fingerprint density at radius 2 is 2.19 bits per heavy atom. The van der Waals surface area contributed by atoms with Gasteiger partial charge in [-0.25, -0.2) is 4.98 Å². The number of benzene rings is 1. The number of nitrogens with zero attached hydrogens (tertiary/aromatic N) is 2. The SMILES string of the molecule is CCOC1CC(n2c(CCl)nc3c(C)cccc32)C1(C)C. The molecule has 1 saturated carbocycles. The Morgan fingerprint density at radius 3 is 2.81 bits per heavy atom. The lowest BCUT2D eigenvalue weighted by atomic mass is 9.64. The highest BCUT2D eigenvalue weighted by atomic mass is 35.5. The van der Waals surface area contributed by atoms with Gasteiger partial charge in [-0.1, -0.05) is 26.0 Å². The van der Waals surface area contributed by atoms with E-state index in [9.17, 15) is 0 Å². The maximum absolute atomic E-state index is 6.16. The molecule has 2 unspecified atom stereocenters. The normalized spacial score (nSPS) is 24.2. The molecule has 0 N–H and O–H groups in total. The molecule has 1 aromatic carbocycles. The fraction of sp³-hybridized carbons (Fsp3) is 0.588. The second kappa shape index (κ2) is 5.29. The zero-order chi connectivity index (χ0) is 15.2. The number of rotatable bonds is 4. The molecule has 1 aliphatic carbocycles. The first-order valence-corrected chi connectivity index (χ1v) is 8.18. The van der Waals surface area contributed by atoms with Crippen molar-refractivity contribution in [1.29, 1.82) is 0 Å². The largest absolute Gasteiger partial charge is 0.378 e. The zero-order valence-electron chi connectivity index (χ0n) is 13.2. The van der Waals surface area contributed by atoms with Crippen molar-refractivity contribution in [3.05, 3.63) is 29.6 Å². The lowest BCUT2D eigenvalue weighted by Crippen LogP contribution is -2.51. The van der Waals surface area contributed by atoms with Crippen molar-refractivity contribution in [2.75, 3.05) is 6.61 Å². The predicted molar refractivity (Wildman–Crippen MR) is 86.9 cm³/mol. The average Bonchev–Trinajstić information content (AvgIpc) is 2.82. The van der Waals surface area contributed by atoms with Crippen LogP contribution in [-0.2, 0) is 10.6 Å². The van der Waals surface area contributed by atoms with Crippen molar-refractivity contribution in [3.63, 3.8) is 0 Å². The van der Waals surface area contributed by atoms with E-state index in [-0.39, 0.29) is 5.41 Å². The molecule has 1 aliphatic rings. The minimum Gasteiger partial charge on any atom is -0.378 e. The van der Waals surface area contributed by atoms with E-state index < -0.39 is 0 Å². The van der Waals surface area contributed by atoms with Crippen LogP contribution in [-0.4, -0.2) is 22.3 Å². The highest BCUT2D eigenvalue weighted by Crippen LogP contribution is 2.52. The van der Waals surface area contributed by atoms with Gasteiger partial charge in [-0.3, -0.25) is 0 Å². The molecule has 0 radical (unpaired) electrons. The summed E-state index contributed by atoms with van der Waals surface area (Å²) in [6.07, 6.45) is 1.35. The standard InChI is InChI=1S/C17H23ClN2O/c1-5-21-14-9-13(17(14,3)4)20-12-8-6-7-11(2)16(12)19-15(20)10-18/h6-8,13-14H,5,9-10H2,1-4H3. The molecule has 1 heterocycles. The average molecular weight is 307 g/mol. The molecule has 21 heavy (non-hydrogen) atoms. The van der Waals surface area contributed by atoms with Crippen molar-refractivity contribution >= 4 is 22.6 Å². The Bertz CT molecular complexity index is 662. The van der Waals surface area contributed by atoms with Crippen LogP contribution >= 0.6 is 11.6 Å². The fourth-order valence-electron chi connectivity index (χ4n) is 3.53. The third kappa shape index (κ3) is 2.18. The van der Waals surface area contributed by atoms with Crippen LogP contribution in [0.2, 0.25) is 0 Å². The monoisotopic (exact) mass is 306 g/mol. The summed E-state index contributed by atoms with van der Waals surface area (Å²) in [4.78, 5) is 4.76. The number of aromatic nitrogens is 2. The van der Waals surface area contributed by atoms with Crippen molar-refractivity contribution in [2.24, 2.45) is 5.41 Å². The summed E-state index contributed by atoms with van der Waals surface area (Å²) in [6, 6.07) is 6.75. The Kier molecular flexibility index (Phi) is 3.74. The van der Waals surface area contributed by atoms with E-state index in [1.165, 1.54) is 11.1 Å². The molecule has 0 spiro atoms. The summed E-state index contributed by atoms with van der Waals surface area (Å²) in [5.74, 6) is 1.41. The zero-order valence-corrected chi connectivity index (χ0v) is 13.9. The molecule has 0 saturated heterocycles. The van der Waals surface area contributed by atoms with Gasteiger partial charge in [0.2, 0.25) is 0 Å². The van der Waals surface area contributed by atoms with Gasteiger partial charge in [-0.2, -0.15) is 0 Å². The number of halogens is 1. The Morgan fingerprint density at radius 1 is 1.43 bits per heavy atom. The number of aryl methyl sites for hydroxylation is 1. The first-order chi connectivity index (χ1) is 10.0. The summed E-state index contributed by atoms with van der Waals surface area (Å²) in [5, 5.41) is 0. The Labute approximate surface area is 131 Å². The molecule has 3 rings (SSSR count). The molecule has 1 aromatic heterocycles. The highest BCUT2D eigenvalue weighted by molar-refractivity contribution is 6.16. The third-order valence-corrected chi connectivity index (χ3v) is 5.16. The maximum Gasteiger partial charge on any atom is 0.125 e. The van der Waals surface area contributed by atoms with E-state index in [2.05, 4.69) is 50.5 Å². The Balaban J connectivity index is 2.07. The second-order valence-corrected chi connectivity index (χ2v) is 6.76. The van der Waals surface area contributed by atoms with E-state index in [0.717, 1.165) is 24.4 Å².